The number of carbonyl (C=O) groups is 2. The van der Waals surface area contributed by atoms with Crippen molar-refractivity contribution in [1.29, 1.82) is 0 Å². The lowest BCUT2D eigenvalue weighted by Crippen LogP contribution is -2.47. The maximum absolute atomic E-state index is 13.5. The van der Waals surface area contributed by atoms with E-state index in [4.69, 9.17) is 13.8 Å². The molecule has 0 aromatic heterocycles. The Morgan fingerprint density at radius 2 is 0.867 bits per heavy atom. The summed E-state index contributed by atoms with van der Waals surface area (Å²) >= 11 is 0. The van der Waals surface area contributed by atoms with E-state index in [0.29, 0.717) is 17.4 Å². The topological polar surface area (TPSA) is 111 Å². The van der Waals surface area contributed by atoms with Gasteiger partial charge in [0.05, 0.1) is 33.8 Å². The van der Waals surface area contributed by atoms with Gasteiger partial charge < -0.3 is 19.4 Å². The standard InChI is InChI=1S/C65H115N2O7P/c1-7-10-13-16-19-22-25-27-28-29-30-31-32-33-34-35-36-37-38-40-43-45-48-51-54-57-64(68)66-62(61-73-75(70,71)72-60-59-67(4,5)6)63(56-53-50-47-44-42-39-26-23-20-17-14-11-8-2)74-65(69)58-55-52-49-46-41-24-21-18-15-12-9-3/h10,13,18-19,21-22,27-28,30-31,33-34,36-37,53,56,62-63H,7-9,11-12,14-17,20,23-26,29,32,35,38-52,54-55,57-61H2,1-6H3,(H-,66,68,70,71)/p+1/b13-10-,21-18-,22-19-,28-27-,31-30-,34-33-,37-36-,56-53+. The first-order valence-corrected chi connectivity index (χ1v) is 32.1. The maximum atomic E-state index is 13.5. The molecule has 10 heteroatoms. The summed E-state index contributed by atoms with van der Waals surface area (Å²) in [5, 5.41) is 3.04. The summed E-state index contributed by atoms with van der Waals surface area (Å²) in [6.07, 6.45) is 72.6. The van der Waals surface area contributed by atoms with Crippen LogP contribution in [0.25, 0.3) is 0 Å². The zero-order valence-electron chi connectivity index (χ0n) is 49.3. The summed E-state index contributed by atoms with van der Waals surface area (Å²) in [4.78, 5) is 37.6. The number of unbranched alkanes of at least 4 members (excludes halogenated alkanes) is 24. The molecule has 0 aromatic rings. The average Bonchev–Trinajstić information content (AvgIpc) is 3.37. The summed E-state index contributed by atoms with van der Waals surface area (Å²) in [5.41, 5.74) is 0. The fraction of sp³-hybridized carbons (Fsp3) is 0.723. The van der Waals surface area contributed by atoms with E-state index in [-0.39, 0.29) is 31.5 Å². The highest BCUT2D eigenvalue weighted by atomic mass is 31.2. The first kappa shape index (κ1) is 71.9. The van der Waals surface area contributed by atoms with E-state index >= 15 is 0 Å². The maximum Gasteiger partial charge on any atom is 0.472 e. The van der Waals surface area contributed by atoms with Crippen LogP contribution < -0.4 is 5.32 Å². The van der Waals surface area contributed by atoms with E-state index in [1.54, 1.807) is 0 Å². The Bertz CT molecular complexity index is 1610. The number of phosphoric acid groups is 1. The van der Waals surface area contributed by atoms with Gasteiger partial charge >= 0.3 is 13.8 Å². The molecule has 0 aliphatic rings. The predicted molar refractivity (Wildman–Crippen MR) is 323 cm³/mol. The van der Waals surface area contributed by atoms with E-state index in [1.165, 1.54) is 70.6 Å². The Balaban J connectivity index is 5.21. The van der Waals surface area contributed by atoms with Gasteiger partial charge in [0.15, 0.2) is 0 Å². The van der Waals surface area contributed by atoms with Gasteiger partial charge in [-0.25, -0.2) is 4.57 Å². The lowest BCUT2D eigenvalue weighted by Gasteiger charge is -2.27. The van der Waals surface area contributed by atoms with E-state index in [0.717, 1.165) is 148 Å². The zero-order valence-corrected chi connectivity index (χ0v) is 50.2. The van der Waals surface area contributed by atoms with Gasteiger partial charge in [0, 0.05) is 12.8 Å². The number of ether oxygens (including phenoxy) is 1. The fourth-order valence-corrected chi connectivity index (χ4v) is 9.01. The van der Waals surface area contributed by atoms with Crippen LogP contribution in [0.5, 0.6) is 0 Å². The SMILES string of the molecule is CC/C=C\C/C=C\C/C=C\C/C=C\C/C=C\C/C=C\CCCCCCCCC(=O)NC(COP(=O)(O)OCC[N+](C)(C)C)C(/C=C/CCCCCCCCCCCCC)OC(=O)CCCCCCC/C=C\CCCC. The largest absolute Gasteiger partial charge is 0.472 e. The molecule has 0 rings (SSSR count). The molecule has 1 amide bonds. The molecule has 2 N–H and O–H groups in total. The number of phosphoric ester groups is 1. The Labute approximate surface area is 462 Å². The van der Waals surface area contributed by atoms with Crippen molar-refractivity contribution in [3.05, 3.63) is 97.2 Å². The summed E-state index contributed by atoms with van der Waals surface area (Å²) < 4.78 is 30.6. The molecule has 0 fully saturated rings. The second-order valence-corrected chi connectivity index (χ2v) is 22.9. The summed E-state index contributed by atoms with van der Waals surface area (Å²) in [6, 6.07) is -0.864. The van der Waals surface area contributed by atoms with Gasteiger partial charge in [-0.1, -0.05) is 234 Å². The number of nitrogens with one attached hydrogen (secondary N) is 1. The summed E-state index contributed by atoms with van der Waals surface area (Å²) in [7, 11) is 1.47. The average molecular weight is 1070 g/mol. The van der Waals surface area contributed by atoms with Gasteiger partial charge in [-0.3, -0.25) is 18.6 Å². The second kappa shape index (κ2) is 54.3. The van der Waals surface area contributed by atoms with Crippen molar-refractivity contribution in [3.8, 4) is 0 Å². The van der Waals surface area contributed by atoms with Crippen molar-refractivity contribution in [2.45, 2.75) is 264 Å². The van der Waals surface area contributed by atoms with Crippen molar-refractivity contribution < 1.29 is 37.3 Å². The molecule has 0 aliphatic carbocycles. The van der Waals surface area contributed by atoms with Gasteiger partial charge in [0.2, 0.25) is 5.91 Å². The van der Waals surface area contributed by atoms with Crippen LogP contribution in [-0.4, -0.2) is 74.3 Å². The van der Waals surface area contributed by atoms with Crippen LogP contribution >= 0.6 is 7.82 Å². The normalized spacial score (nSPS) is 14.4. The first-order chi connectivity index (χ1) is 36.4. The lowest BCUT2D eigenvalue weighted by molar-refractivity contribution is -0.870. The minimum absolute atomic E-state index is 0.0315. The van der Waals surface area contributed by atoms with Crippen LogP contribution in [0.15, 0.2) is 97.2 Å². The molecule has 0 spiro atoms. The molecule has 9 nitrogen and oxygen atoms in total. The highest BCUT2D eigenvalue weighted by Gasteiger charge is 2.30. The van der Waals surface area contributed by atoms with Crippen LogP contribution in [0.2, 0.25) is 0 Å². The Morgan fingerprint density at radius 1 is 0.480 bits per heavy atom. The highest BCUT2D eigenvalue weighted by Crippen LogP contribution is 2.43. The number of quaternary nitrogens is 1. The number of hydrogen-bond donors (Lipinski definition) is 2. The predicted octanol–water partition coefficient (Wildman–Crippen LogP) is 18.8. The molecule has 0 saturated heterocycles. The molecule has 0 aromatic carbocycles. The molecule has 0 bridgehead atoms. The Morgan fingerprint density at radius 3 is 1.33 bits per heavy atom. The summed E-state index contributed by atoms with van der Waals surface area (Å²) in [5.74, 6) is -0.537. The number of esters is 1. The number of amides is 1. The summed E-state index contributed by atoms with van der Waals surface area (Å²) in [6.45, 7) is 6.83. The van der Waals surface area contributed by atoms with E-state index in [2.05, 4.69) is 111 Å². The molecule has 0 heterocycles. The van der Waals surface area contributed by atoms with Gasteiger partial charge in [-0.05, 0) is 102 Å². The number of allylic oxidation sites excluding steroid dienone is 15. The van der Waals surface area contributed by atoms with Crippen molar-refractivity contribution >= 4 is 19.7 Å². The molecule has 3 atom stereocenters. The molecule has 0 radical (unpaired) electrons. The third-order valence-corrected chi connectivity index (χ3v) is 14.0. The van der Waals surface area contributed by atoms with Crippen molar-refractivity contribution in [2.75, 3.05) is 40.9 Å². The van der Waals surface area contributed by atoms with Crippen LogP contribution in [-0.2, 0) is 27.9 Å². The quantitative estimate of drug-likeness (QED) is 0.0205. The van der Waals surface area contributed by atoms with E-state index in [9.17, 15) is 19.0 Å². The number of rotatable bonds is 54. The Kier molecular flexibility index (Phi) is 52.1. The van der Waals surface area contributed by atoms with Crippen molar-refractivity contribution in [2.24, 2.45) is 0 Å². The minimum Gasteiger partial charge on any atom is -0.456 e. The van der Waals surface area contributed by atoms with Gasteiger partial charge in [-0.15, -0.1) is 0 Å². The number of hydrogen-bond acceptors (Lipinski definition) is 6. The first-order valence-electron chi connectivity index (χ1n) is 30.6. The Hall–Kier alpha value is -3.07. The third-order valence-electron chi connectivity index (χ3n) is 13.0. The van der Waals surface area contributed by atoms with E-state index < -0.39 is 20.0 Å². The number of carbonyl (C=O) groups excluding carboxylic acids is 2. The van der Waals surface area contributed by atoms with Crippen LogP contribution in [0, 0.1) is 0 Å². The lowest BCUT2D eigenvalue weighted by atomic mass is 10.0. The molecule has 432 valence electrons. The van der Waals surface area contributed by atoms with Crippen LogP contribution in [0.1, 0.15) is 252 Å². The molecular formula is C65H116N2O7P+. The fourth-order valence-electron chi connectivity index (χ4n) is 8.28. The smallest absolute Gasteiger partial charge is 0.456 e. The van der Waals surface area contributed by atoms with Crippen LogP contribution in [0.4, 0.5) is 0 Å². The number of nitrogens with zero attached hydrogens (tertiary/aromatic N) is 1. The van der Waals surface area contributed by atoms with Gasteiger partial charge in [-0.2, -0.15) is 0 Å². The van der Waals surface area contributed by atoms with Crippen molar-refractivity contribution in [1.82, 2.24) is 5.32 Å². The van der Waals surface area contributed by atoms with Crippen LogP contribution in [0.3, 0.4) is 0 Å². The number of likely N-dealkylation sites (N-methyl/N-ethyl adjacent to an activating group) is 1. The van der Waals surface area contributed by atoms with E-state index in [1.807, 2.05) is 33.3 Å². The second-order valence-electron chi connectivity index (χ2n) is 21.5. The molecule has 75 heavy (non-hydrogen) atoms. The minimum atomic E-state index is -4.46. The highest BCUT2D eigenvalue weighted by molar-refractivity contribution is 7.47. The molecule has 0 saturated carbocycles. The molecule has 0 aliphatic heterocycles. The zero-order chi connectivity index (χ0) is 55.0. The molecular weight excluding hydrogens is 952 g/mol. The molecule has 3 unspecified atom stereocenters. The monoisotopic (exact) mass is 1070 g/mol. The van der Waals surface area contributed by atoms with Gasteiger partial charge in [0.25, 0.3) is 0 Å². The third kappa shape index (κ3) is 55.5. The van der Waals surface area contributed by atoms with Crippen molar-refractivity contribution in [3.63, 3.8) is 0 Å². The van der Waals surface area contributed by atoms with Gasteiger partial charge in [0.1, 0.15) is 19.3 Å².